The Bertz CT molecular complexity index is 1450. The highest BCUT2D eigenvalue weighted by Crippen LogP contribution is 2.56. The molecule has 0 atom stereocenters. The minimum Gasteiger partial charge on any atom is -0.284 e. The number of unbranched alkanes of at least 4 members (excludes halogenated alkanes) is 90. The van der Waals surface area contributed by atoms with Crippen LogP contribution >= 0.6 is 7.82 Å². The molecule has 0 aromatic heterocycles. The van der Waals surface area contributed by atoms with E-state index in [4.69, 9.17) is 13.6 Å². The summed E-state index contributed by atoms with van der Waals surface area (Å²) in [6.07, 6.45) is 138. The number of hydrogen-bond donors (Lipinski definition) is 0. The Morgan fingerprint density at radius 1 is 0.121 bits per heavy atom. The highest BCUT2D eigenvalue weighted by molar-refractivity contribution is 7.48. The summed E-state index contributed by atoms with van der Waals surface area (Å²) in [4.78, 5) is 0. The summed E-state index contributed by atoms with van der Waals surface area (Å²) in [5, 5.41) is 0. The molecule has 0 amide bonds. The highest BCUT2D eigenvalue weighted by Gasteiger charge is 2.37. The smallest absolute Gasteiger partial charge is 0.284 e. The van der Waals surface area contributed by atoms with Crippen molar-refractivity contribution in [3.8, 4) is 0 Å². The zero-order valence-corrected chi connectivity index (χ0v) is 82.8. The molecule has 4 nitrogen and oxygen atoms in total. The van der Waals surface area contributed by atoms with E-state index in [9.17, 15) is 0 Å². The van der Waals surface area contributed by atoms with Crippen molar-refractivity contribution in [1.82, 2.24) is 0 Å². The van der Waals surface area contributed by atoms with Crippen LogP contribution in [0.1, 0.15) is 696 Å². The number of phosphoric ester groups is 1. The van der Waals surface area contributed by atoms with Gasteiger partial charge in [-0.15, -0.1) is 0 Å². The molecule has 0 spiro atoms. The average Bonchev–Trinajstić information content (AvgIpc) is 0.842. The largest absolute Gasteiger partial charge is 0.475 e. The van der Waals surface area contributed by atoms with Gasteiger partial charge in [0.1, 0.15) is 0 Å². The van der Waals surface area contributed by atoms with Crippen molar-refractivity contribution < 1.29 is 18.1 Å². The van der Waals surface area contributed by atoms with Crippen molar-refractivity contribution in [2.75, 3.05) is 0 Å². The molecule has 116 heavy (non-hydrogen) atoms. The van der Waals surface area contributed by atoms with E-state index in [0.717, 1.165) is 77.0 Å². The molecule has 0 rings (SSSR count). The molecule has 0 unspecified atom stereocenters. The van der Waals surface area contributed by atoms with Crippen molar-refractivity contribution >= 4 is 7.82 Å². The molecule has 0 radical (unpaired) electrons. The molecule has 0 aromatic rings. The summed E-state index contributed by atoms with van der Waals surface area (Å²) in [5.41, 5.74) is 0. The summed E-state index contributed by atoms with van der Waals surface area (Å²) in [5.74, 6) is 0. The second-order valence-corrected chi connectivity index (χ2v) is 40.7. The van der Waals surface area contributed by atoms with Crippen LogP contribution in [0, 0.1) is 0 Å². The molecule has 0 N–H and O–H groups in total. The fourth-order valence-electron chi connectivity index (χ4n) is 18.9. The fourth-order valence-corrected chi connectivity index (χ4v) is 20.8. The topological polar surface area (TPSA) is 44.8 Å². The van der Waals surface area contributed by atoms with Gasteiger partial charge < -0.3 is 0 Å². The van der Waals surface area contributed by atoms with Gasteiger partial charge in [-0.3, -0.25) is 13.6 Å². The third-order valence-electron chi connectivity index (χ3n) is 27.1. The molecule has 0 aliphatic heterocycles. The maximum Gasteiger partial charge on any atom is 0.475 e. The van der Waals surface area contributed by atoms with Gasteiger partial charge in [0.2, 0.25) is 0 Å². The van der Waals surface area contributed by atoms with Crippen LogP contribution in [0.25, 0.3) is 0 Å². The van der Waals surface area contributed by atoms with E-state index < -0.39 is 7.82 Å². The van der Waals surface area contributed by atoms with Crippen LogP contribution in [0.15, 0.2) is 0 Å². The maximum atomic E-state index is 16.6. The normalized spacial score (nSPS) is 12.1. The standard InChI is InChI=1S/C111H225O4P/c1-7-13-19-25-31-37-43-49-55-61-67-73-79-85-91-97-103-109(104-98-92-86-80-74-68-62-56-50-44-38-32-26-20-14-8-2)113-116(112,114-110(105-99-93-87-81-75-69-63-57-51-45-39-33-27-21-15-9-3)106-100-94-88-82-76-70-64-58-52-46-40-34-28-22-16-10-4)115-111(107-101-95-89-83-77-71-65-59-53-47-41-35-29-23-17-11-5)108-102-96-90-84-78-72-66-60-54-48-42-36-30-24-18-12-6/h109-111H,7-108H2,1-6H3. The Morgan fingerprint density at radius 3 is 0.267 bits per heavy atom. The Hall–Kier alpha value is 0.110. The fraction of sp³-hybridized carbons (Fsp3) is 1.00. The van der Waals surface area contributed by atoms with Crippen LogP contribution in [0.3, 0.4) is 0 Å². The number of rotatable bonds is 108. The highest BCUT2D eigenvalue weighted by atomic mass is 31.2. The second-order valence-electron chi connectivity index (χ2n) is 39.2. The first-order valence-corrected chi connectivity index (χ1v) is 57.6. The lowest BCUT2D eigenvalue weighted by Gasteiger charge is -2.31. The quantitative estimate of drug-likeness (QED) is 0.0450. The Kier molecular flexibility index (Phi) is 104. The van der Waals surface area contributed by atoms with Gasteiger partial charge >= 0.3 is 7.82 Å². The van der Waals surface area contributed by atoms with Crippen molar-refractivity contribution in [2.45, 2.75) is 715 Å². The van der Waals surface area contributed by atoms with Crippen molar-refractivity contribution in [2.24, 2.45) is 0 Å². The van der Waals surface area contributed by atoms with Gasteiger partial charge in [-0.1, -0.05) is 658 Å². The van der Waals surface area contributed by atoms with Crippen LogP contribution in [-0.4, -0.2) is 18.3 Å². The Morgan fingerprint density at radius 2 is 0.190 bits per heavy atom. The summed E-state index contributed by atoms with van der Waals surface area (Å²) >= 11 is 0. The van der Waals surface area contributed by atoms with E-state index in [2.05, 4.69) is 41.5 Å². The van der Waals surface area contributed by atoms with Crippen LogP contribution in [0.4, 0.5) is 0 Å². The molecule has 5 heteroatoms. The van der Waals surface area contributed by atoms with Gasteiger partial charge in [-0.25, -0.2) is 4.57 Å². The predicted molar refractivity (Wildman–Crippen MR) is 527 cm³/mol. The second kappa shape index (κ2) is 104. The molecule has 0 aromatic carbocycles. The molecule has 0 aliphatic carbocycles. The van der Waals surface area contributed by atoms with Gasteiger partial charge in [0.25, 0.3) is 0 Å². The van der Waals surface area contributed by atoms with Crippen molar-refractivity contribution in [3.05, 3.63) is 0 Å². The zero-order valence-electron chi connectivity index (χ0n) is 81.9. The van der Waals surface area contributed by atoms with Gasteiger partial charge in [-0.2, -0.15) is 0 Å². The molecule has 0 saturated heterocycles. The van der Waals surface area contributed by atoms with Crippen LogP contribution < -0.4 is 0 Å². The SMILES string of the molecule is CCCCCCCCCCCCCCCCCCC(CCCCCCCCCCCCCCCCCC)OP(=O)(OC(CCCCCCCCCCCCCCCCCC)CCCCCCCCCCCCCCCCCC)OC(CCCCCCCCCCCCCCCCCC)CCCCCCCCCCCCCCCCCC. The molecule has 0 fully saturated rings. The molecule has 0 aliphatic rings. The van der Waals surface area contributed by atoms with Crippen molar-refractivity contribution in [3.63, 3.8) is 0 Å². The Balaban J connectivity index is 6.73. The summed E-state index contributed by atoms with van der Waals surface area (Å²) < 4.78 is 38.8. The van der Waals surface area contributed by atoms with Crippen LogP contribution in [-0.2, 0) is 18.1 Å². The van der Waals surface area contributed by atoms with Gasteiger partial charge in [0.15, 0.2) is 0 Å². The first kappa shape index (κ1) is 116. The van der Waals surface area contributed by atoms with E-state index in [1.165, 1.54) is 578 Å². The lowest BCUT2D eigenvalue weighted by atomic mass is 10.0. The molecule has 0 heterocycles. The summed E-state index contributed by atoms with van der Waals surface area (Å²) in [7, 11) is -3.94. The number of hydrogen-bond acceptors (Lipinski definition) is 4. The lowest BCUT2D eigenvalue weighted by molar-refractivity contribution is 0.0155. The molecule has 0 saturated carbocycles. The third kappa shape index (κ3) is 96.3. The average molecular weight is 1650 g/mol. The minimum atomic E-state index is -3.94. The minimum absolute atomic E-state index is 0.0716. The molecule has 698 valence electrons. The number of phosphoric acid groups is 1. The molecular weight excluding hydrogens is 1430 g/mol. The van der Waals surface area contributed by atoms with E-state index in [-0.39, 0.29) is 18.3 Å². The molecular formula is C111H225O4P. The van der Waals surface area contributed by atoms with E-state index >= 15 is 4.57 Å². The summed E-state index contributed by atoms with van der Waals surface area (Å²) in [6, 6.07) is 0. The summed E-state index contributed by atoms with van der Waals surface area (Å²) in [6.45, 7) is 14.0. The van der Waals surface area contributed by atoms with Gasteiger partial charge in [0, 0.05) is 0 Å². The monoisotopic (exact) mass is 1650 g/mol. The maximum absolute atomic E-state index is 16.6. The zero-order chi connectivity index (χ0) is 83.5. The van der Waals surface area contributed by atoms with E-state index in [0.29, 0.717) is 0 Å². The van der Waals surface area contributed by atoms with Crippen LogP contribution in [0.5, 0.6) is 0 Å². The van der Waals surface area contributed by atoms with E-state index in [1.807, 2.05) is 0 Å². The van der Waals surface area contributed by atoms with E-state index in [1.54, 1.807) is 0 Å². The third-order valence-corrected chi connectivity index (χ3v) is 28.8. The van der Waals surface area contributed by atoms with Gasteiger partial charge in [0.05, 0.1) is 18.3 Å². The molecule has 0 bridgehead atoms. The van der Waals surface area contributed by atoms with Crippen LogP contribution in [0.2, 0.25) is 0 Å². The van der Waals surface area contributed by atoms with Crippen molar-refractivity contribution in [1.29, 1.82) is 0 Å². The first-order valence-electron chi connectivity index (χ1n) is 56.1. The predicted octanol–water partition coefficient (Wildman–Crippen LogP) is 43.2. The lowest BCUT2D eigenvalue weighted by Crippen LogP contribution is -2.22. The first-order chi connectivity index (χ1) is 57.5. The van der Waals surface area contributed by atoms with Gasteiger partial charge in [-0.05, 0) is 38.5 Å². The Labute approximate surface area is 736 Å².